The summed E-state index contributed by atoms with van der Waals surface area (Å²) in [5, 5.41) is 11.4. The van der Waals surface area contributed by atoms with Gasteiger partial charge in [0, 0.05) is 6.54 Å². The molecule has 1 aromatic rings. The van der Waals surface area contributed by atoms with Gasteiger partial charge in [-0.25, -0.2) is 0 Å². The molecule has 0 spiro atoms. The Kier molecular flexibility index (Phi) is 5.85. The van der Waals surface area contributed by atoms with Gasteiger partial charge in [-0.2, -0.15) is 0 Å². The molecule has 104 valence electrons. The maximum Gasteiger partial charge on any atom is 0.306 e. The Bertz CT molecular complexity index is 445. The highest BCUT2D eigenvalue weighted by molar-refractivity contribution is 5.96. The van der Waals surface area contributed by atoms with Crippen molar-refractivity contribution in [3.05, 3.63) is 29.8 Å². The van der Waals surface area contributed by atoms with Crippen LogP contribution in [0.15, 0.2) is 24.3 Å². The fourth-order valence-electron chi connectivity index (χ4n) is 1.56. The summed E-state index contributed by atoms with van der Waals surface area (Å²) >= 11 is 0. The quantitative estimate of drug-likeness (QED) is 0.789. The normalized spacial score (nSPS) is 11.7. The molecule has 0 heterocycles. The second-order valence-corrected chi connectivity index (χ2v) is 4.21. The fourth-order valence-corrected chi connectivity index (χ4v) is 1.56. The summed E-state index contributed by atoms with van der Waals surface area (Å²) in [6.45, 7) is 4.28. The lowest BCUT2D eigenvalue weighted by Gasteiger charge is -2.11. The molecule has 0 aliphatic rings. The number of carbonyl (C=O) groups excluding carboxylic acids is 1. The van der Waals surface area contributed by atoms with Crippen molar-refractivity contribution in [1.29, 1.82) is 0 Å². The Balaban J connectivity index is 2.56. The van der Waals surface area contributed by atoms with Crippen molar-refractivity contribution in [3.8, 4) is 5.75 Å². The molecule has 0 radical (unpaired) electrons. The second-order valence-electron chi connectivity index (χ2n) is 4.21. The summed E-state index contributed by atoms with van der Waals surface area (Å²) in [7, 11) is 0. The molecule has 0 aliphatic heterocycles. The Morgan fingerprint density at radius 1 is 1.37 bits per heavy atom. The molecule has 5 nitrogen and oxygen atoms in total. The second kappa shape index (κ2) is 7.41. The van der Waals surface area contributed by atoms with Crippen LogP contribution in [0.25, 0.3) is 0 Å². The minimum absolute atomic E-state index is 0.248. The Morgan fingerprint density at radius 2 is 2.05 bits per heavy atom. The van der Waals surface area contributed by atoms with Gasteiger partial charge in [-0.05, 0) is 25.5 Å². The number of rotatable bonds is 7. The molecule has 0 bridgehead atoms. The lowest BCUT2D eigenvalue weighted by atomic mass is 10.1. The van der Waals surface area contributed by atoms with Crippen LogP contribution in [0.1, 0.15) is 30.6 Å². The van der Waals surface area contributed by atoms with Crippen LogP contribution < -0.4 is 10.1 Å². The first-order chi connectivity index (χ1) is 9.06. The van der Waals surface area contributed by atoms with E-state index in [9.17, 15) is 9.59 Å². The number of ether oxygens (including phenoxy) is 1. The number of amides is 1. The van der Waals surface area contributed by atoms with Crippen molar-refractivity contribution in [1.82, 2.24) is 5.32 Å². The molecule has 0 aromatic heterocycles. The third kappa shape index (κ3) is 4.62. The van der Waals surface area contributed by atoms with Gasteiger partial charge in [0.15, 0.2) is 0 Å². The molecule has 0 saturated heterocycles. The van der Waals surface area contributed by atoms with Crippen LogP contribution >= 0.6 is 0 Å². The number of aliphatic carboxylic acids is 1. The van der Waals surface area contributed by atoms with E-state index in [2.05, 4.69) is 5.32 Å². The maximum absolute atomic E-state index is 12.0. The van der Waals surface area contributed by atoms with Gasteiger partial charge in [0.05, 0.1) is 18.1 Å². The number of hydrogen-bond donors (Lipinski definition) is 2. The molecule has 1 unspecified atom stereocenters. The van der Waals surface area contributed by atoms with Crippen molar-refractivity contribution in [2.24, 2.45) is 5.92 Å². The third-order valence-corrected chi connectivity index (χ3v) is 2.72. The smallest absolute Gasteiger partial charge is 0.306 e. The molecular weight excluding hydrogens is 246 g/mol. The molecule has 2 N–H and O–H groups in total. The SMILES string of the molecule is CCOc1ccccc1C(=O)NCCC(C)C(=O)O. The van der Waals surface area contributed by atoms with E-state index in [1.807, 2.05) is 6.92 Å². The first kappa shape index (κ1) is 15.0. The van der Waals surface area contributed by atoms with Crippen LogP contribution in [0.2, 0.25) is 0 Å². The van der Waals surface area contributed by atoms with Crippen molar-refractivity contribution in [2.45, 2.75) is 20.3 Å². The molecule has 0 fully saturated rings. The molecule has 0 aliphatic carbocycles. The number of para-hydroxylation sites is 1. The first-order valence-electron chi connectivity index (χ1n) is 6.29. The minimum Gasteiger partial charge on any atom is -0.493 e. The van der Waals surface area contributed by atoms with Gasteiger partial charge in [-0.3, -0.25) is 9.59 Å². The Morgan fingerprint density at radius 3 is 2.68 bits per heavy atom. The average Bonchev–Trinajstić information content (AvgIpc) is 2.39. The topological polar surface area (TPSA) is 75.6 Å². The van der Waals surface area contributed by atoms with E-state index in [4.69, 9.17) is 9.84 Å². The molecule has 1 atom stereocenters. The van der Waals surface area contributed by atoms with Crippen LogP contribution in [-0.4, -0.2) is 30.1 Å². The van der Waals surface area contributed by atoms with E-state index in [0.29, 0.717) is 30.9 Å². The average molecular weight is 265 g/mol. The number of benzene rings is 1. The molecule has 1 rings (SSSR count). The predicted molar refractivity (Wildman–Crippen MR) is 71.4 cm³/mol. The number of nitrogens with one attached hydrogen (secondary N) is 1. The zero-order valence-corrected chi connectivity index (χ0v) is 11.2. The van der Waals surface area contributed by atoms with Gasteiger partial charge in [0.1, 0.15) is 5.75 Å². The Labute approximate surface area is 112 Å². The first-order valence-corrected chi connectivity index (χ1v) is 6.29. The van der Waals surface area contributed by atoms with Crippen molar-refractivity contribution in [2.75, 3.05) is 13.2 Å². The predicted octanol–water partition coefficient (Wildman–Crippen LogP) is 1.93. The van der Waals surface area contributed by atoms with E-state index < -0.39 is 11.9 Å². The van der Waals surface area contributed by atoms with Crippen LogP contribution in [0.5, 0.6) is 5.75 Å². The lowest BCUT2D eigenvalue weighted by molar-refractivity contribution is -0.141. The van der Waals surface area contributed by atoms with Crippen LogP contribution in [0.4, 0.5) is 0 Å². The number of carboxylic acid groups (broad SMARTS) is 1. The van der Waals surface area contributed by atoms with E-state index in [-0.39, 0.29) is 5.91 Å². The monoisotopic (exact) mass is 265 g/mol. The van der Waals surface area contributed by atoms with E-state index in [0.717, 1.165) is 0 Å². The summed E-state index contributed by atoms with van der Waals surface area (Å²) in [5.74, 6) is -1.04. The largest absolute Gasteiger partial charge is 0.493 e. The van der Waals surface area contributed by atoms with Crippen molar-refractivity contribution < 1.29 is 19.4 Å². The summed E-state index contributed by atoms with van der Waals surface area (Å²) in [6.07, 6.45) is 0.401. The van der Waals surface area contributed by atoms with Gasteiger partial charge in [0.2, 0.25) is 0 Å². The molecular formula is C14H19NO4. The third-order valence-electron chi connectivity index (χ3n) is 2.72. The summed E-state index contributed by atoms with van der Waals surface area (Å²) in [6, 6.07) is 6.98. The highest BCUT2D eigenvalue weighted by Crippen LogP contribution is 2.17. The molecule has 1 aromatic carbocycles. The van der Waals surface area contributed by atoms with Crippen molar-refractivity contribution in [3.63, 3.8) is 0 Å². The summed E-state index contributed by atoms with van der Waals surface area (Å²) in [4.78, 5) is 22.6. The molecule has 5 heteroatoms. The number of carboxylic acids is 1. The van der Waals surface area contributed by atoms with Gasteiger partial charge in [-0.15, -0.1) is 0 Å². The lowest BCUT2D eigenvalue weighted by Crippen LogP contribution is -2.27. The Hall–Kier alpha value is -2.04. The van der Waals surface area contributed by atoms with E-state index >= 15 is 0 Å². The van der Waals surface area contributed by atoms with Crippen molar-refractivity contribution >= 4 is 11.9 Å². The van der Waals surface area contributed by atoms with Crippen LogP contribution in [0, 0.1) is 5.92 Å². The zero-order valence-electron chi connectivity index (χ0n) is 11.2. The molecule has 0 saturated carbocycles. The molecule has 19 heavy (non-hydrogen) atoms. The molecule has 1 amide bonds. The van der Waals surface area contributed by atoms with Crippen LogP contribution in [0.3, 0.4) is 0 Å². The van der Waals surface area contributed by atoms with Gasteiger partial charge in [0.25, 0.3) is 5.91 Å². The highest BCUT2D eigenvalue weighted by atomic mass is 16.5. The minimum atomic E-state index is -0.857. The van der Waals surface area contributed by atoms with Gasteiger partial charge >= 0.3 is 5.97 Å². The number of carbonyl (C=O) groups is 2. The van der Waals surface area contributed by atoms with Crippen LogP contribution in [-0.2, 0) is 4.79 Å². The van der Waals surface area contributed by atoms with E-state index in [1.165, 1.54) is 0 Å². The van der Waals surface area contributed by atoms with Gasteiger partial charge < -0.3 is 15.2 Å². The van der Waals surface area contributed by atoms with E-state index in [1.54, 1.807) is 31.2 Å². The number of hydrogen-bond acceptors (Lipinski definition) is 3. The summed E-state index contributed by atoms with van der Waals surface area (Å²) in [5.41, 5.74) is 0.465. The summed E-state index contributed by atoms with van der Waals surface area (Å²) < 4.78 is 5.37. The van der Waals surface area contributed by atoms with Gasteiger partial charge in [-0.1, -0.05) is 19.1 Å². The standard InChI is InChI=1S/C14H19NO4/c1-3-19-12-7-5-4-6-11(12)13(16)15-9-8-10(2)14(17)18/h4-7,10H,3,8-9H2,1-2H3,(H,15,16)(H,17,18). The zero-order chi connectivity index (χ0) is 14.3. The fraction of sp³-hybridized carbons (Fsp3) is 0.429. The highest BCUT2D eigenvalue weighted by Gasteiger charge is 2.14. The maximum atomic E-state index is 12.0.